The van der Waals surface area contributed by atoms with E-state index in [0.717, 1.165) is 11.3 Å². The lowest BCUT2D eigenvalue weighted by atomic mass is 10.2. The first-order valence-corrected chi connectivity index (χ1v) is 10.2. The lowest BCUT2D eigenvalue weighted by Gasteiger charge is -2.38. The van der Waals surface area contributed by atoms with Gasteiger partial charge in [-0.25, -0.2) is 9.48 Å². The van der Waals surface area contributed by atoms with Crippen molar-refractivity contribution in [3.8, 4) is 5.69 Å². The number of anilines is 1. The summed E-state index contributed by atoms with van der Waals surface area (Å²) in [6.07, 6.45) is 1.66. The van der Waals surface area contributed by atoms with E-state index in [9.17, 15) is 9.59 Å². The Morgan fingerprint density at radius 3 is 2.63 bits per heavy atom. The quantitative estimate of drug-likeness (QED) is 0.771. The van der Waals surface area contributed by atoms with Gasteiger partial charge in [0.15, 0.2) is 5.82 Å². The standard InChI is InChI=1S/C21H24N6O3/c1-14-11-24(12-15(2)30-14)18(28)13-26-20-17(19-22-8-9-25(19)21(26)29)10-23-27(20)16-6-4-3-5-7-16/h3-7,10,14-15H,8-9,11-13H2,1-2H3. The molecule has 30 heavy (non-hydrogen) atoms. The number of rotatable bonds is 3. The van der Waals surface area contributed by atoms with Gasteiger partial charge < -0.3 is 9.64 Å². The van der Waals surface area contributed by atoms with E-state index >= 15 is 0 Å². The highest BCUT2D eigenvalue weighted by molar-refractivity contribution is 6.20. The minimum absolute atomic E-state index is 0.0301. The number of morpholine rings is 1. The second-order valence-corrected chi connectivity index (χ2v) is 7.91. The zero-order valence-electron chi connectivity index (χ0n) is 17.1. The maximum Gasteiger partial charge on any atom is 0.331 e. The molecule has 0 bridgehead atoms. The zero-order valence-corrected chi connectivity index (χ0v) is 17.1. The Kier molecular flexibility index (Phi) is 4.54. The Bertz CT molecular complexity index is 1010. The van der Waals surface area contributed by atoms with Gasteiger partial charge in [-0.3, -0.25) is 19.6 Å². The van der Waals surface area contributed by atoms with Crippen LogP contribution in [-0.2, 0) is 9.53 Å². The van der Waals surface area contributed by atoms with Crippen molar-refractivity contribution < 1.29 is 14.3 Å². The topological polar surface area (TPSA) is 83.3 Å². The molecule has 0 aliphatic carbocycles. The van der Waals surface area contributed by atoms with E-state index in [1.807, 2.05) is 44.2 Å². The average Bonchev–Trinajstić information content (AvgIpc) is 3.38. The summed E-state index contributed by atoms with van der Waals surface area (Å²) in [7, 11) is 0. The van der Waals surface area contributed by atoms with Gasteiger partial charge in [-0.05, 0) is 26.0 Å². The van der Waals surface area contributed by atoms with Gasteiger partial charge in [0.2, 0.25) is 5.91 Å². The number of carbonyl (C=O) groups is 2. The van der Waals surface area contributed by atoms with Crippen LogP contribution in [0.5, 0.6) is 0 Å². The van der Waals surface area contributed by atoms with Crippen LogP contribution in [0.1, 0.15) is 19.4 Å². The van der Waals surface area contributed by atoms with Crippen LogP contribution in [0.4, 0.5) is 10.6 Å². The number of hydrogen-bond donors (Lipinski definition) is 0. The monoisotopic (exact) mass is 408 g/mol. The van der Waals surface area contributed by atoms with Crippen molar-refractivity contribution in [2.24, 2.45) is 4.99 Å². The number of hydrogen-bond acceptors (Lipinski definition) is 5. The predicted octanol–water partition coefficient (Wildman–Crippen LogP) is 1.51. The zero-order chi connectivity index (χ0) is 20.8. The molecule has 2 atom stereocenters. The molecule has 9 heteroatoms. The second-order valence-electron chi connectivity index (χ2n) is 7.91. The number of fused-ring (bicyclic) bond motifs is 3. The first-order chi connectivity index (χ1) is 14.5. The summed E-state index contributed by atoms with van der Waals surface area (Å²) in [6, 6.07) is 9.37. The fourth-order valence-electron chi connectivity index (χ4n) is 4.38. The molecular weight excluding hydrogens is 384 g/mol. The van der Waals surface area contributed by atoms with Crippen LogP contribution in [0.3, 0.4) is 0 Å². The lowest BCUT2D eigenvalue weighted by molar-refractivity contribution is -0.141. The summed E-state index contributed by atoms with van der Waals surface area (Å²) in [5.41, 5.74) is 1.59. The van der Waals surface area contributed by atoms with E-state index in [1.54, 1.807) is 20.7 Å². The van der Waals surface area contributed by atoms with Crippen molar-refractivity contribution in [2.75, 3.05) is 37.6 Å². The van der Waals surface area contributed by atoms with E-state index in [4.69, 9.17) is 4.74 Å². The summed E-state index contributed by atoms with van der Waals surface area (Å²) < 4.78 is 7.45. The van der Waals surface area contributed by atoms with Crippen molar-refractivity contribution >= 4 is 23.6 Å². The van der Waals surface area contributed by atoms with Crippen LogP contribution in [0.2, 0.25) is 0 Å². The Hall–Kier alpha value is -3.20. The molecule has 4 heterocycles. The fraction of sp³-hybridized carbons (Fsp3) is 0.429. The van der Waals surface area contributed by atoms with E-state index in [2.05, 4.69) is 10.1 Å². The molecular formula is C21H24N6O3. The highest BCUT2D eigenvalue weighted by Gasteiger charge is 2.42. The maximum absolute atomic E-state index is 13.3. The van der Waals surface area contributed by atoms with Gasteiger partial charge in [-0.2, -0.15) is 5.10 Å². The van der Waals surface area contributed by atoms with Crippen molar-refractivity contribution in [1.82, 2.24) is 19.6 Å². The molecule has 156 valence electrons. The van der Waals surface area contributed by atoms with Crippen molar-refractivity contribution in [2.45, 2.75) is 26.1 Å². The molecule has 0 N–H and O–H groups in total. The van der Waals surface area contributed by atoms with E-state index in [1.165, 1.54) is 4.90 Å². The summed E-state index contributed by atoms with van der Waals surface area (Å²) in [4.78, 5) is 36.0. The van der Waals surface area contributed by atoms with Crippen LogP contribution >= 0.6 is 0 Å². The van der Waals surface area contributed by atoms with Gasteiger partial charge in [0.1, 0.15) is 12.4 Å². The highest BCUT2D eigenvalue weighted by Crippen LogP contribution is 2.33. The van der Waals surface area contributed by atoms with Crippen molar-refractivity contribution in [1.29, 1.82) is 0 Å². The molecule has 1 fully saturated rings. The number of ether oxygens (including phenoxy) is 1. The van der Waals surface area contributed by atoms with Crippen molar-refractivity contribution in [3.05, 3.63) is 42.1 Å². The number of amides is 3. The van der Waals surface area contributed by atoms with E-state index in [-0.39, 0.29) is 30.7 Å². The molecule has 5 rings (SSSR count). The number of para-hydroxylation sites is 1. The van der Waals surface area contributed by atoms with Gasteiger partial charge in [0.25, 0.3) is 0 Å². The van der Waals surface area contributed by atoms with Crippen LogP contribution in [0, 0.1) is 0 Å². The molecule has 9 nitrogen and oxygen atoms in total. The Balaban J connectivity index is 1.52. The van der Waals surface area contributed by atoms with E-state index in [0.29, 0.717) is 37.8 Å². The summed E-state index contributed by atoms with van der Waals surface area (Å²) >= 11 is 0. The van der Waals surface area contributed by atoms with Gasteiger partial charge in [0, 0.05) is 19.6 Å². The number of aromatic nitrogens is 2. The molecule has 3 aliphatic heterocycles. The van der Waals surface area contributed by atoms with Gasteiger partial charge in [-0.15, -0.1) is 0 Å². The molecule has 3 amide bonds. The SMILES string of the molecule is CC1CN(C(=O)CN2C(=O)N3CCN=C3c3cnn(-c4ccccc4)c32)CC(C)O1. The van der Waals surface area contributed by atoms with E-state index < -0.39 is 0 Å². The number of aliphatic imine (C=N–C) groups is 1. The highest BCUT2D eigenvalue weighted by atomic mass is 16.5. The second kappa shape index (κ2) is 7.24. The minimum Gasteiger partial charge on any atom is -0.372 e. The molecule has 1 aromatic heterocycles. The predicted molar refractivity (Wildman–Crippen MR) is 111 cm³/mol. The molecule has 3 aliphatic rings. The Morgan fingerprint density at radius 2 is 1.90 bits per heavy atom. The first kappa shape index (κ1) is 18.8. The number of amidine groups is 1. The molecule has 2 aromatic rings. The third-order valence-electron chi connectivity index (χ3n) is 5.61. The molecule has 1 aromatic carbocycles. The smallest absolute Gasteiger partial charge is 0.331 e. The molecule has 0 radical (unpaired) electrons. The number of urea groups is 1. The molecule has 1 saturated heterocycles. The average molecular weight is 408 g/mol. The fourth-order valence-corrected chi connectivity index (χ4v) is 4.38. The Morgan fingerprint density at radius 1 is 1.17 bits per heavy atom. The third-order valence-corrected chi connectivity index (χ3v) is 5.61. The van der Waals surface area contributed by atoms with Gasteiger partial charge in [0.05, 0.1) is 36.2 Å². The van der Waals surface area contributed by atoms with Crippen molar-refractivity contribution in [3.63, 3.8) is 0 Å². The molecule has 0 saturated carbocycles. The summed E-state index contributed by atoms with van der Waals surface area (Å²) in [5.74, 6) is 1.12. The first-order valence-electron chi connectivity index (χ1n) is 10.2. The minimum atomic E-state index is -0.237. The molecule has 0 spiro atoms. The molecule has 2 unspecified atom stereocenters. The van der Waals surface area contributed by atoms with Gasteiger partial charge in [-0.1, -0.05) is 18.2 Å². The van der Waals surface area contributed by atoms with Gasteiger partial charge >= 0.3 is 6.03 Å². The van der Waals surface area contributed by atoms with Crippen LogP contribution in [-0.4, -0.2) is 82.3 Å². The Labute approximate surface area is 174 Å². The largest absolute Gasteiger partial charge is 0.372 e. The van der Waals surface area contributed by atoms with Crippen LogP contribution in [0.25, 0.3) is 5.69 Å². The maximum atomic E-state index is 13.3. The number of nitrogens with zero attached hydrogens (tertiary/aromatic N) is 6. The van der Waals surface area contributed by atoms with Crippen LogP contribution in [0.15, 0.2) is 41.5 Å². The summed E-state index contributed by atoms with van der Waals surface area (Å²) in [6.45, 7) is 5.97. The normalized spacial score (nSPS) is 23.3. The summed E-state index contributed by atoms with van der Waals surface area (Å²) in [5, 5.41) is 4.53. The number of carbonyl (C=O) groups excluding carboxylic acids is 2. The lowest BCUT2D eigenvalue weighted by Crippen LogP contribution is -2.56. The number of benzene rings is 1. The third kappa shape index (κ3) is 3.06. The van der Waals surface area contributed by atoms with Crippen LogP contribution < -0.4 is 4.90 Å².